The fourth-order valence-corrected chi connectivity index (χ4v) is 4.71. The Morgan fingerprint density at radius 1 is 1.14 bits per heavy atom. The van der Waals surface area contributed by atoms with Crippen molar-refractivity contribution in [3.8, 4) is 0 Å². The Balaban J connectivity index is 2.03. The molecule has 2 rings (SSSR count). The molecule has 0 spiro atoms. The van der Waals surface area contributed by atoms with Gasteiger partial charge in [-0.3, -0.25) is 4.79 Å². The summed E-state index contributed by atoms with van der Waals surface area (Å²) in [4.78, 5) is 11.1. The predicted octanol–water partition coefficient (Wildman–Crippen LogP) is 5.12. The first-order valence-electron chi connectivity index (χ1n) is 8.48. The molecule has 2 fully saturated rings. The van der Waals surface area contributed by atoms with Crippen LogP contribution in [0.15, 0.2) is 0 Å². The van der Waals surface area contributed by atoms with Crippen LogP contribution in [0.5, 0.6) is 0 Å². The summed E-state index contributed by atoms with van der Waals surface area (Å²) in [7, 11) is 0. The quantitative estimate of drug-likeness (QED) is 0.765. The molecule has 122 valence electrons. The van der Waals surface area contributed by atoms with Gasteiger partial charge in [-0.05, 0) is 55.8 Å². The summed E-state index contributed by atoms with van der Waals surface area (Å²) in [6, 6.07) is 0. The summed E-state index contributed by atoms with van der Waals surface area (Å²) in [5.41, 5.74) is -0.293. The molecule has 0 aliphatic heterocycles. The van der Waals surface area contributed by atoms with E-state index < -0.39 is 12.4 Å². The number of carbonyl (C=O) groups is 1. The van der Waals surface area contributed by atoms with Crippen molar-refractivity contribution in [1.82, 2.24) is 0 Å². The van der Waals surface area contributed by atoms with Crippen LogP contribution in [0.4, 0.5) is 8.78 Å². The maximum Gasteiger partial charge on any atom is 0.306 e. The van der Waals surface area contributed by atoms with Gasteiger partial charge in [-0.1, -0.05) is 26.2 Å². The Hall–Kier alpha value is -0.670. The van der Waals surface area contributed by atoms with Gasteiger partial charge in [-0.2, -0.15) is 0 Å². The summed E-state index contributed by atoms with van der Waals surface area (Å²) < 4.78 is 26.2. The fourth-order valence-electron chi connectivity index (χ4n) is 4.71. The Morgan fingerprint density at radius 3 is 2.14 bits per heavy atom. The number of halogens is 2. The van der Waals surface area contributed by atoms with E-state index in [1.54, 1.807) is 0 Å². The number of carboxylic acid groups (broad SMARTS) is 1. The van der Waals surface area contributed by atoms with Crippen molar-refractivity contribution in [2.45, 2.75) is 77.6 Å². The maximum atomic E-state index is 13.1. The Morgan fingerprint density at radius 2 is 1.71 bits per heavy atom. The molecule has 0 radical (unpaired) electrons. The standard InChI is InChI=1S/C17H28F2O2/c1-2-12-3-5-14(6-4-12)17(11-15(18)19)9-7-13(8-10-17)16(20)21/h12-15H,2-11H2,1H3,(H,20,21). The number of hydrogen-bond donors (Lipinski definition) is 1. The van der Waals surface area contributed by atoms with Crippen molar-refractivity contribution in [2.24, 2.45) is 23.2 Å². The van der Waals surface area contributed by atoms with Crippen molar-refractivity contribution in [3.63, 3.8) is 0 Å². The highest BCUT2D eigenvalue weighted by molar-refractivity contribution is 5.70. The van der Waals surface area contributed by atoms with Gasteiger partial charge in [0.1, 0.15) is 0 Å². The molecule has 0 amide bonds. The third-order valence-corrected chi connectivity index (χ3v) is 6.18. The van der Waals surface area contributed by atoms with E-state index in [1.165, 1.54) is 6.42 Å². The number of hydrogen-bond acceptors (Lipinski definition) is 1. The highest BCUT2D eigenvalue weighted by Gasteiger charge is 2.45. The van der Waals surface area contributed by atoms with Gasteiger partial charge in [0.05, 0.1) is 5.92 Å². The molecule has 0 saturated heterocycles. The number of aliphatic carboxylic acids is 1. The van der Waals surface area contributed by atoms with Crippen LogP contribution in [0, 0.1) is 23.2 Å². The lowest BCUT2D eigenvalue weighted by atomic mass is 9.58. The first-order valence-corrected chi connectivity index (χ1v) is 8.48. The van der Waals surface area contributed by atoms with E-state index >= 15 is 0 Å². The van der Waals surface area contributed by atoms with Crippen molar-refractivity contribution in [2.75, 3.05) is 0 Å². The Bertz CT molecular complexity index is 341. The largest absolute Gasteiger partial charge is 0.481 e. The fraction of sp³-hybridized carbons (Fsp3) is 0.941. The van der Waals surface area contributed by atoms with Crippen LogP contribution in [0.1, 0.15) is 71.1 Å². The van der Waals surface area contributed by atoms with Crippen molar-refractivity contribution >= 4 is 5.97 Å². The molecule has 0 atom stereocenters. The summed E-state index contributed by atoms with van der Waals surface area (Å²) in [6.45, 7) is 2.21. The number of alkyl halides is 2. The third-order valence-electron chi connectivity index (χ3n) is 6.18. The van der Waals surface area contributed by atoms with Crippen molar-refractivity contribution < 1.29 is 18.7 Å². The van der Waals surface area contributed by atoms with E-state index in [4.69, 9.17) is 5.11 Å². The predicted molar refractivity (Wildman–Crippen MR) is 78.4 cm³/mol. The van der Waals surface area contributed by atoms with Gasteiger partial charge in [0.2, 0.25) is 6.43 Å². The molecule has 0 aromatic carbocycles. The summed E-state index contributed by atoms with van der Waals surface area (Å²) in [6.07, 6.45) is 5.85. The molecule has 0 heterocycles. The van der Waals surface area contributed by atoms with Gasteiger partial charge in [0.15, 0.2) is 0 Å². The minimum Gasteiger partial charge on any atom is -0.481 e. The molecule has 2 saturated carbocycles. The zero-order valence-electron chi connectivity index (χ0n) is 13.0. The summed E-state index contributed by atoms with van der Waals surface area (Å²) in [5, 5.41) is 9.12. The van der Waals surface area contributed by atoms with Crippen LogP contribution in [0.2, 0.25) is 0 Å². The van der Waals surface area contributed by atoms with Gasteiger partial charge in [0, 0.05) is 6.42 Å². The smallest absolute Gasteiger partial charge is 0.306 e. The molecule has 0 aromatic heterocycles. The minimum absolute atomic E-state index is 0.0270. The third kappa shape index (κ3) is 3.95. The van der Waals surface area contributed by atoms with Crippen LogP contribution in [-0.2, 0) is 4.79 Å². The van der Waals surface area contributed by atoms with Crippen molar-refractivity contribution in [3.05, 3.63) is 0 Å². The van der Waals surface area contributed by atoms with Gasteiger partial charge >= 0.3 is 5.97 Å². The SMILES string of the molecule is CCC1CCC(C2(CC(F)F)CCC(C(=O)O)CC2)CC1. The number of rotatable bonds is 5. The second-order valence-electron chi connectivity index (χ2n) is 7.20. The topological polar surface area (TPSA) is 37.3 Å². The Kier molecular flexibility index (Phi) is 5.61. The maximum absolute atomic E-state index is 13.1. The highest BCUT2D eigenvalue weighted by Crippen LogP contribution is 2.53. The lowest BCUT2D eigenvalue weighted by Gasteiger charge is -2.47. The second kappa shape index (κ2) is 7.06. The zero-order chi connectivity index (χ0) is 15.5. The zero-order valence-corrected chi connectivity index (χ0v) is 13.0. The second-order valence-corrected chi connectivity index (χ2v) is 7.20. The summed E-state index contributed by atoms with van der Waals surface area (Å²) >= 11 is 0. The first kappa shape index (κ1) is 16.7. The number of carboxylic acids is 1. The normalized spacial score (nSPS) is 37.6. The summed E-state index contributed by atoms with van der Waals surface area (Å²) in [5.74, 6) is 0.0716. The van der Waals surface area contributed by atoms with E-state index in [0.717, 1.165) is 31.6 Å². The minimum atomic E-state index is -2.27. The van der Waals surface area contributed by atoms with Crippen LogP contribution in [0.3, 0.4) is 0 Å². The van der Waals surface area contributed by atoms with E-state index in [1.807, 2.05) is 0 Å². The van der Waals surface area contributed by atoms with Crippen LogP contribution in [0.25, 0.3) is 0 Å². The van der Waals surface area contributed by atoms with E-state index in [-0.39, 0.29) is 17.8 Å². The molecular weight excluding hydrogens is 274 g/mol. The average Bonchev–Trinajstić information content (AvgIpc) is 2.47. The van der Waals surface area contributed by atoms with Crippen LogP contribution >= 0.6 is 0 Å². The van der Waals surface area contributed by atoms with Crippen LogP contribution < -0.4 is 0 Å². The molecule has 0 bridgehead atoms. The molecular formula is C17H28F2O2. The first-order chi connectivity index (χ1) is 9.97. The monoisotopic (exact) mass is 302 g/mol. The van der Waals surface area contributed by atoms with Gasteiger partial charge in [-0.25, -0.2) is 8.78 Å². The van der Waals surface area contributed by atoms with Gasteiger partial charge in [-0.15, -0.1) is 0 Å². The molecule has 4 heteroatoms. The Labute approximate surface area is 126 Å². The van der Waals surface area contributed by atoms with Gasteiger partial charge in [0.25, 0.3) is 0 Å². The van der Waals surface area contributed by atoms with Crippen LogP contribution in [-0.4, -0.2) is 17.5 Å². The molecule has 1 N–H and O–H groups in total. The van der Waals surface area contributed by atoms with Gasteiger partial charge < -0.3 is 5.11 Å². The lowest BCUT2D eigenvalue weighted by Crippen LogP contribution is -2.39. The van der Waals surface area contributed by atoms with Crippen molar-refractivity contribution in [1.29, 1.82) is 0 Å². The van der Waals surface area contributed by atoms with E-state index in [9.17, 15) is 13.6 Å². The van der Waals surface area contributed by atoms with E-state index in [0.29, 0.717) is 31.6 Å². The molecule has 21 heavy (non-hydrogen) atoms. The molecule has 2 nitrogen and oxygen atoms in total. The average molecular weight is 302 g/mol. The molecule has 0 unspecified atom stereocenters. The highest BCUT2D eigenvalue weighted by atomic mass is 19.3. The molecule has 2 aliphatic carbocycles. The lowest BCUT2D eigenvalue weighted by molar-refractivity contribution is -0.144. The molecule has 0 aromatic rings. The molecule has 2 aliphatic rings. The van der Waals surface area contributed by atoms with E-state index in [2.05, 4.69) is 6.92 Å².